The van der Waals surface area contributed by atoms with Crippen molar-refractivity contribution < 1.29 is 14.4 Å². The van der Waals surface area contributed by atoms with E-state index in [0.717, 1.165) is 23.9 Å². The van der Waals surface area contributed by atoms with Crippen molar-refractivity contribution in [3.63, 3.8) is 0 Å². The predicted molar refractivity (Wildman–Crippen MR) is 67.3 cm³/mol. The van der Waals surface area contributed by atoms with Crippen molar-refractivity contribution in [1.29, 1.82) is 0 Å². The number of carboxylic acid groups (broad SMARTS) is 1. The fourth-order valence-corrected chi connectivity index (χ4v) is 1.95. The van der Waals surface area contributed by atoms with Gasteiger partial charge < -0.3 is 9.63 Å². The van der Waals surface area contributed by atoms with Crippen LogP contribution in [0.15, 0.2) is 9.32 Å². The van der Waals surface area contributed by atoms with Crippen LogP contribution in [-0.4, -0.2) is 26.0 Å². The number of hydrogen-bond acceptors (Lipinski definition) is 5. The Hall–Kier alpha value is -2.18. The minimum Gasteiger partial charge on any atom is -0.476 e. The zero-order valence-electron chi connectivity index (χ0n) is 10.8. The number of fused-ring (bicyclic) bond motifs is 1. The molecule has 2 heterocycles. The Labute approximate surface area is 108 Å². The molecule has 0 spiro atoms. The quantitative estimate of drug-likeness (QED) is 0.824. The predicted octanol–water partition coefficient (Wildman–Crippen LogP) is 1.58. The van der Waals surface area contributed by atoms with Crippen LogP contribution in [0.25, 0.3) is 10.9 Å². The topological polar surface area (TPSA) is 98.2 Å². The second-order valence-corrected chi connectivity index (χ2v) is 4.35. The SMILES string of the molecule is CCCCCn1nc(C(=O)O)c2c(C)onc2c1=O. The molecule has 1 N–H and O–H groups in total. The number of carbonyl (C=O) groups is 1. The van der Waals surface area contributed by atoms with Crippen LogP contribution in [0.3, 0.4) is 0 Å². The first kappa shape index (κ1) is 13.3. The lowest BCUT2D eigenvalue weighted by atomic mass is 10.2. The van der Waals surface area contributed by atoms with Gasteiger partial charge in [-0.2, -0.15) is 5.10 Å². The third kappa shape index (κ3) is 2.35. The highest BCUT2D eigenvalue weighted by atomic mass is 16.5. The summed E-state index contributed by atoms with van der Waals surface area (Å²) < 4.78 is 6.06. The normalized spacial score (nSPS) is 11.1. The van der Waals surface area contributed by atoms with Crippen LogP contribution in [0.2, 0.25) is 0 Å². The van der Waals surface area contributed by atoms with Gasteiger partial charge in [-0.05, 0) is 13.3 Å². The molecule has 0 saturated heterocycles. The van der Waals surface area contributed by atoms with Gasteiger partial charge in [-0.15, -0.1) is 0 Å². The Morgan fingerprint density at radius 2 is 2.16 bits per heavy atom. The molecule has 0 bridgehead atoms. The molecule has 0 amide bonds. The van der Waals surface area contributed by atoms with E-state index in [1.807, 2.05) is 6.92 Å². The highest BCUT2D eigenvalue weighted by Crippen LogP contribution is 2.17. The lowest BCUT2D eigenvalue weighted by molar-refractivity contribution is 0.0689. The lowest BCUT2D eigenvalue weighted by Gasteiger charge is -2.05. The first-order chi connectivity index (χ1) is 9.06. The summed E-state index contributed by atoms with van der Waals surface area (Å²) in [6, 6.07) is 0. The highest BCUT2D eigenvalue weighted by Gasteiger charge is 2.21. The fraction of sp³-hybridized carbons (Fsp3) is 0.500. The van der Waals surface area contributed by atoms with Gasteiger partial charge in [-0.3, -0.25) is 4.79 Å². The van der Waals surface area contributed by atoms with Crippen molar-refractivity contribution in [2.24, 2.45) is 0 Å². The van der Waals surface area contributed by atoms with Crippen molar-refractivity contribution in [3.8, 4) is 0 Å². The zero-order valence-corrected chi connectivity index (χ0v) is 10.8. The van der Waals surface area contributed by atoms with E-state index < -0.39 is 11.5 Å². The van der Waals surface area contributed by atoms with E-state index in [1.165, 1.54) is 0 Å². The molecule has 7 nitrogen and oxygen atoms in total. The van der Waals surface area contributed by atoms with Gasteiger partial charge >= 0.3 is 5.97 Å². The standard InChI is InChI=1S/C12H15N3O4/c1-3-4-5-6-15-11(16)9-8(7(2)19-14-9)10(13-15)12(17)18/h3-6H2,1-2H3,(H,17,18). The van der Waals surface area contributed by atoms with Crippen LogP contribution < -0.4 is 5.56 Å². The van der Waals surface area contributed by atoms with E-state index in [2.05, 4.69) is 10.3 Å². The number of carboxylic acids is 1. The molecule has 0 aliphatic carbocycles. The van der Waals surface area contributed by atoms with Crippen LogP contribution in [0.5, 0.6) is 0 Å². The molecule has 2 aromatic heterocycles. The van der Waals surface area contributed by atoms with Crippen LogP contribution in [0, 0.1) is 6.92 Å². The van der Waals surface area contributed by atoms with Crippen molar-refractivity contribution >= 4 is 16.9 Å². The summed E-state index contributed by atoms with van der Waals surface area (Å²) >= 11 is 0. The molecular weight excluding hydrogens is 250 g/mol. The molecule has 0 unspecified atom stereocenters. The van der Waals surface area contributed by atoms with Gasteiger partial charge in [-0.25, -0.2) is 9.48 Å². The smallest absolute Gasteiger partial charge is 0.357 e. The van der Waals surface area contributed by atoms with Crippen molar-refractivity contribution in [3.05, 3.63) is 21.8 Å². The Morgan fingerprint density at radius 3 is 2.79 bits per heavy atom. The average Bonchev–Trinajstić information content (AvgIpc) is 2.75. The Kier molecular flexibility index (Phi) is 3.64. The lowest BCUT2D eigenvalue weighted by Crippen LogP contribution is -2.26. The molecule has 2 aromatic rings. The number of nitrogens with zero attached hydrogens (tertiary/aromatic N) is 3. The fourth-order valence-electron chi connectivity index (χ4n) is 1.95. The summed E-state index contributed by atoms with van der Waals surface area (Å²) in [5, 5.41) is 16.9. The maximum atomic E-state index is 12.1. The minimum atomic E-state index is -1.19. The van der Waals surface area contributed by atoms with Crippen LogP contribution in [0.1, 0.15) is 42.4 Å². The summed E-state index contributed by atoms with van der Waals surface area (Å²) in [4.78, 5) is 23.3. The maximum Gasteiger partial charge on any atom is 0.357 e. The molecule has 0 aliphatic rings. The minimum absolute atomic E-state index is 0.0291. The maximum absolute atomic E-state index is 12.1. The summed E-state index contributed by atoms with van der Waals surface area (Å²) in [7, 11) is 0. The molecule has 0 aliphatic heterocycles. The summed E-state index contributed by atoms with van der Waals surface area (Å²) in [6.45, 7) is 3.99. The summed E-state index contributed by atoms with van der Waals surface area (Å²) in [6.07, 6.45) is 2.73. The van der Waals surface area contributed by atoms with Crippen molar-refractivity contribution in [1.82, 2.24) is 14.9 Å². The summed E-state index contributed by atoms with van der Waals surface area (Å²) in [5.41, 5.74) is -0.570. The third-order valence-corrected chi connectivity index (χ3v) is 2.93. The monoisotopic (exact) mass is 265 g/mol. The number of rotatable bonds is 5. The Morgan fingerprint density at radius 1 is 1.42 bits per heavy atom. The molecule has 102 valence electrons. The molecule has 19 heavy (non-hydrogen) atoms. The van der Waals surface area contributed by atoms with Gasteiger partial charge in [0.1, 0.15) is 5.76 Å². The number of hydrogen-bond donors (Lipinski definition) is 1. The molecule has 0 fully saturated rings. The first-order valence-electron chi connectivity index (χ1n) is 6.16. The van der Waals surface area contributed by atoms with Crippen molar-refractivity contribution in [2.75, 3.05) is 0 Å². The second-order valence-electron chi connectivity index (χ2n) is 4.35. The first-order valence-corrected chi connectivity index (χ1v) is 6.16. The third-order valence-electron chi connectivity index (χ3n) is 2.93. The van der Waals surface area contributed by atoms with E-state index in [1.54, 1.807) is 6.92 Å². The molecule has 2 rings (SSSR count). The zero-order chi connectivity index (χ0) is 14.0. The van der Waals surface area contributed by atoms with Gasteiger partial charge in [-0.1, -0.05) is 24.9 Å². The molecular formula is C12H15N3O4. The van der Waals surface area contributed by atoms with E-state index in [-0.39, 0.29) is 22.4 Å². The second kappa shape index (κ2) is 5.21. The van der Waals surface area contributed by atoms with E-state index in [0.29, 0.717) is 6.54 Å². The molecule has 0 aromatic carbocycles. The Balaban J connectivity index is 2.57. The molecule has 0 saturated carbocycles. The van der Waals surface area contributed by atoms with Crippen molar-refractivity contribution in [2.45, 2.75) is 39.7 Å². The number of aryl methyl sites for hydroxylation is 2. The van der Waals surface area contributed by atoms with E-state index >= 15 is 0 Å². The highest BCUT2D eigenvalue weighted by molar-refractivity contribution is 6.00. The van der Waals surface area contributed by atoms with Gasteiger partial charge in [0.25, 0.3) is 5.56 Å². The van der Waals surface area contributed by atoms with Gasteiger partial charge in [0.15, 0.2) is 11.2 Å². The number of unbranched alkanes of at least 4 members (excludes halogenated alkanes) is 2. The summed E-state index contributed by atoms with van der Waals surface area (Å²) in [5.74, 6) is -0.904. The van der Waals surface area contributed by atoms with Crippen LogP contribution in [-0.2, 0) is 6.54 Å². The Bertz CT molecular complexity index is 671. The number of aromatic carboxylic acids is 1. The van der Waals surface area contributed by atoms with Gasteiger partial charge in [0, 0.05) is 6.54 Å². The van der Waals surface area contributed by atoms with Crippen LogP contribution in [0.4, 0.5) is 0 Å². The average molecular weight is 265 g/mol. The molecule has 0 radical (unpaired) electrons. The molecule has 0 atom stereocenters. The largest absolute Gasteiger partial charge is 0.476 e. The van der Waals surface area contributed by atoms with E-state index in [9.17, 15) is 9.59 Å². The number of aromatic nitrogens is 3. The van der Waals surface area contributed by atoms with E-state index in [4.69, 9.17) is 9.63 Å². The molecule has 7 heteroatoms. The van der Waals surface area contributed by atoms with Gasteiger partial charge in [0.05, 0.1) is 5.39 Å². The van der Waals surface area contributed by atoms with Gasteiger partial charge in [0.2, 0.25) is 0 Å². The van der Waals surface area contributed by atoms with Crippen LogP contribution >= 0.6 is 0 Å².